The van der Waals surface area contributed by atoms with Gasteiger partial charge in [0.25, 0.3) is 0 Å². The predicted molar refractivity (Wildman–Crippen MR) is 32.5 cm³/mol. The fraction of sp³-hybridized carbons (Fsp3) is 1.00. The number of hydrogen-bond donors (Lipinski definition) is 2. The molecule has 2 rings (SSSR count). The van der Waals surface area contributed by atoms with Crippen LogP contribution in [0.5, 0.6) is 0 Å². The van der Waals surface area contributed by atoms with Gasteiger partial charge in [-0.3, -0.25) is 0 Å². The molecule has 2 fully saturated rings. The summed E-state index contributed by atoms with van der Waals surface area (Å²) in [6.45, 7) is 0.826. The normalized spacial score (nSPS) is 51.4. The van der Waals surface area contributed by atoms with Crippen LogP contribution in [0.25, 0.3) is 0 Å². The molecule has 3 atom stereocenters. The number of nitrogens with two attached hydrogens (primary N) is 1. The molecule has 0 aromatic carbocycles. The summed E-state index contributed by atoms with van der Waals surface area (Å²) in [5.74, 6) is 1.00. The van der Waals surface area contributed by atoms with Gasteiger partial charge >= 0.3 is 0 Å². The highest BCUT2D eigenvalue weighted by Gasteiger charge is 2.44. The molecule has 1 saturated carbocycles. The lowest BCUT2D eigenvalue weighted by Gasteiger charge is -2.07. The highest BCUT2D eigenvalue weighted by Crippen LogP contribution is 2.40. The molecule has 1 aliphatic heterocycles. The maximum absolute atomic E-state index is 5.45. The molecule has 2 nitrogen and oxygen atoms in total. The summed E-state index contributed by atoms with van der Waals surface area (Å²) in [4.78, 5) is 0. The Morgan fingerprint density at radius 2 is 2.38 bits per heavy atom. The van der Waals surface area contributed by atoms with E-state index in [1.165, 1.54) is 12.8 Å². The van der Waals surface area contributed by atoms with Crippen molar-refractivity contribution in [2.75, 3.05) is 6.54 Å². The maximum atomic E-state index is 5.45. The molecule has 0 radical (unpaired) electrons. The summed E-state index contributed by atoms with van der Waals surface area (Å²) in [5.41, 5.74) is 5.45. The Bertz CT molecular complexity index is 92.7. The Morgan fingerprint density at radius 3 is 2.75 bits per heavy atom. The van der Waals surface area contributed by atoms with Gasteiger partial charge in [0.15, 0.2) is 0 Å². The Balaban J connectivity index is 1.89. The first-order chi connectivity index (χ1) is 3.90. The second kappa shape index (κ2) is 1.45. The fourth-order valence-corrected chi connectivity index (χ4v) is 1.61. The van der Waals surface area contributed by atoms with Crippen LogP contribution in [0, 0.1) is 5.92 Å². The van der Waals surface area contributed by atoms with Crippen molar-refractivity contribution in [3.8, 4) is 0 Å². The third-order valence-corrected chi connectivity index (χ3v) is 2.24. The topological polar surface area (TPSA) is 38.0 Å². The van der Waals surface area contributed by atoms with E-state index in [1.54, 1.807) is 0 Å². The first-order valence-corrected chi connectivity index (χ1v) is 3.36. The molecule has 46 valence electrons. The predicted octanol–water partition coefficient (Wildman–Crippen LogP) is -0.305. The van der Waals surface area contributed by atoms with E-state index in [4.69, 9.17) is 5.73 Å². The molecule has 2 heteroatoms. The molecule has 0 aromatic heterocycles. The Kier molecular flexibility index (Phi) is 0.866. The highest BCUT2D eigenvalue weighted by molar-refractivity contribution is 5.03. The minimum atomic E-state index is 0.652. The summed E-state index contributed by atoms with van der Waals surface area (Å²) < 4.78 is 0. The zero-order chi connectivity index (χ0) is 5.56. The third kappa shape index (κ3) is 0.565. The van der Waals surface area contributed by atoms with Gasteiger partial charge in [-0.2, -0.15) is 0 Å². The number of rotatable bonds is 1. The van der Waals surface area contributed by atoms with Gasteiger partial charge < -0.3 is 11.1 Å². The van der Waals surface area contributed by atoms with E-state index in [0.717, 1.165) is 18.5 Å². The number of piperidine rings is 1. The lowest BCUT2D eigenvalue weighted by molar-refractivity contribution is 0.549. The molecule has 1 heterocycles. The van der Waals surface area contributed by atoms with E-state index in [0.29, 0.717) is 6.04 Å². The van der Waals surface area contributed by atoms with Gasteiger partial charge in [-0.05, 0) is 18.8 Å². The van der Waals surface area contributed by atoms with Crippen molar-refractivity contribution in [1.29, 1.82) is 0 Å². The Morgan fingerprint density at radius 1 is 1.50 bits per heavy atom. The zero-order valence-electron chi connectivity index (χ0n) is 4.93. The van der Waals surface area contributed by atoms with Gasteiger partial charge in [-0.25, -0.2) is 0 Å². The van der Waals surface area contributed by atoms with Crippen LogP contribution in [-0.4, -0.2) is 18.6 Å². The van der Waals surface area contributed by atoms with Crippen molar-refractivity contribution in [1.82, 2.24) is 5.32 Å². The second-order valence-electron chi connectivity index (χ2n) is 2.94. The molecule has 3 N–H and O–H groups in total. The van der Waals surface area contributed by atoms with E-state index in [-0.39, 0.29) is 0 Å². The van der Waals surface area contributed by atoms with Crippen molar-refractivity contribution in [3.05, 3.63) is 0 Å². The molecule has 0 amide bonds. The Hall–Kier alpha value is -0.0800. The van der Waals surface area contributed by atoms with E-state index in [1.807, 2.05) is 0 Å². The lowest BCUT2D eigenvalue weighted by Crippen LogP contribution is -2.32. The van der Waals surface area contributed by atoms with Crippen molar-refractivity contribution in [2.24, 2.45) is 11.7 Å². The quantitative estimate of drug-likeness (QED) is 0.488. The molecule has 0 spiro atoms. The van der Waals surface area contributed by atoms with Crippen LogP contribution in [0.4, 0.5) is 0 Å². The average molecular weight is 112 g/mol. The molecular formula is C6H12N2. The zero-order valence-corrected chi connectivity index (χ0v) is 4.93. The molecule has 8 heavy (non-hydrogen) atoms. The van der Waals surface area contributed by atoms with Crippen LogP contribution in [0.1, 0.15) is 12.8 Å². The van der Waals surface area contributed by atoms with Crippen LogP contribution < -0.4 is 11.1 Å². The second-order valence-corrected chi connectivity index (χ2v) is 2.94. The van der Waals surface area contributed by atoms with Crippen LogP contribution >= 0.6 is 0 Å². The van der Waals surface area contributed by atoms with Gasteiger partial charge in [-0.1, -0.05) is 0 Å². The van der Waals surface area contributed by atoms with Crippen LogP contribution in [0.3, 0.4) is 0 Å². The third-order valence-electron chi connectivity index (χ3n) is 2.24. The number of hydrogen-bond acceptors (Lipinski definition) is 2. The molecule has 0 aromatic rings. The summed E-state index contributed by atoms with van der Waals surface area (Å²) >= 11 is 0. The Labute approximate surface area is 49.4 Å². The van der Waals surface area contributed by atoms with Gasteiger partial charge in [0, 0.05) is 18.6 Å². The summed E-state index contributed by atoms with van der Waals surface area (Å²) in [6.07, 6.45) is 2.75. The molecular weight excluding hydrogens is 100 g/mol. The van der Waals surface area contributed by atoms with Crippen LogP contribution in [-0.2, 0) is 0 Å². The first-order valence-electron chi connectivity index (χ1n) is 3.36. The largest absolute Gasteiger partial charge is 0.329 e. The van der Waals surface area contributed by atoms with E-state index in [9.17, 15) is 0 Å². The van der Waals surface area contributed by atoms with Gasteiger partial charge in [0.2, 0.25) is 0 Å². The minimum absolute atomic E-state index is 0.652. The first kappa shape index (κ1) is 4.77. The van der Waals surface area contributed by atoms with Crippen molar-refractivity contribution >= 4 is 0 Å². The fourth-order valence-electron chi connectivity index (χ4n) is 1.61. The minimum Gasteiger partial charge on any atom is -0.329 e. The van der Waals surface area contributed by atoms with Gasteiger partial charge in [-0.15, -0.1) is 0 Å². The molecule has 2 aliphatic rings. The van der Waals surface area contributed by atoms with Crippen molar-refractivity contribution < 1.29 is 0 Å². The monoisotopic (exact) mass is 112 g/mol. The molecule has 0 bridgehead atoms. The van der Waals surface area contributed by atoms with E-state index in [2.05, 4.69) is 5.32 Å². The number of nitrogens with one attached hydrogen (secondary N) is 1. The molecule has 1 saturated heterocycles. The van der Waals surface area contributed by atoms with Crippen molar-refractivity contribution in [2.45, 2.75) is 24.9 Å². The van der Waals surface area contributed by atoms with Crippen molar-refractivity contribution in [3.63, 3.8) is 0 Å². The smallest absolute Gasteiger partial charge is 0.0196 e. The van der Waals surface area contributed by atoms with Crippen LogP contribution in [0.2, 0.25) is 0 Å². The maximum Gasteiger partial charge on any atom is 0.0196 e. The van der Waals surface area contributed by atoms with E-state index < -0.39 is 0 Å². The van der Waals surface area contributed by atoms with Crippen LogP contribution in [0.15, 0.2) is 0 Å². The highest BCUT2D eigenvalue weighted by atomic mass is 15.1. The summed E-state index contributed by atoms with van der Waals surface area (Å²) in [6, 6.07) is 1.52. The standard InChI is InChI=1S/C6H12N2/c7-3-5-1-4-2-6(4)8-5/h4-6,8H,1-3,7H2/t4?,5-,6-/m0/s1. The average Bonchev–Trinajstić information content (AvgIpc) is 2.40. The molecule has 1 unspecified atom stereocenters. The molecule has 1 aliphatic carbocycles. The summed E-state index contributed by atoms with van der Waals surface area (Å²) in [5, 5.41) is 3.45. The lowest BCUT2D eigenvalue weighted by atomic mass is 10.2. The van der Waals surface area contributed by atoms with Gasteiger partial charge in [0.05, 0.1) is 0 Å². The van der Waals surface area contributed by atoms with E-state index >= 15 is 0 Å². The SMILES string of the molecule is NC[C@@H]1CC2C[C@@H]2N1. The summed E-state index contributed by atoms with van der Waals surface area (Å²) in [7, 11) is 0. The van der Waals surface area contributed by atoms with Gasteiger partial charge in [0.1, 0.15) is 0 Å². The number of fused-ring (bicyclic) bond motifs is 1.